The van der Waals surface area contributed by atoms with Crippen LogP contribution in [0.2, 0.25) is 0 Å². The van der Waals surface area contributed by atoms with E-state index >= 15 is 0 Å². The van der Waals surface area contributed by atoms with Crippen LogP contribution in [0.5, 0.6) is 0 Å². The van der Waals surface area contributed by atoms with Gasteiger partial charge in [0.15, 0.2) is 6.61 Å². The highest BCUT2D eigenvalue weighted by atomic mass is 16.5. The van der Waals surface area contributed by atoms with Gasteiger partial charge in [0.25, 0.3) is 0 Å². The summed E-state index contributed by atoms with van der Waals surface area (Å²) in [5.74, 6) is -1.11. The number of rotatable bonds is 8. The lowest BCUT2D eigenvalue weighted by Crippen LogP contribution is -2.16. The fourth-order valence-electron chi connectivity index (χ4n) is 3.56. The Morgan fingerprint density at radius 2 is 1.90 bits per heavy atom. The van der Waals surface area contributed by atoms with Gasteiger partial charge in [-0.25, -0.2) is 4.79 Å². The summed E-state index contributed by atoms with van der Waals surface area (Å²) in [5, 5.41) is 9.45. The lowest BCUT2D eigenvalue weighted by molar-refractivity contribution is -0.137. The summed E-state index contributed by atoms with van der Waals surface area (Å²) < 4.78 is 12.5. The van der Waals surface area contributed by atoms with E-state index in [4.69, 9.17) is 9.47 Å². The van der Waals surface area contributed by atoms with Gasteiger partial charge in [0.1, 0.15) is 11.6 Å². The first-order valence-corrected chi connectivity index (χ1v) is 9.76. The summed E-state index contributed by atoms with van der Waals surface area (Å²) >= 11 is 0. The van der Waals surface area contributed by atoms with Gasteiger partial charge in [0, 0.05) is 24.1 Å². The Morgan fingerprint density at radius 1 is 1.20 bits per heavy atom. The van der Waals surface area contributed by atoms with Gasteiger partial charge in [0.2, 0.25) is 5.78 Å². The quantitative estimate of drug-likeness (QED) is 0.282. The molecule has 6 heteroatoms. The van der Waals surface area contributed by atoms with E-state index in [0.29, 0.717) is 12.2 Å². The van der Waals surface area contributed by atoms with Crippen LogP contribution in [0.1, 0.15) is 51.4 Å². The second kappa shape index (κ2) is 10.0. The molecule has 0 N–H and O–H groups in total. The van der Waals surface area contributed by atoms with E-state index in [1.165, 1.54) is 6.08 Å². The molecule has 0 aliphatic carbocycles. The molecule has 1 atom stereocenters. The van der Waals surface area contributed by atoms with Crippen LogP contribution in [-0.4, -0.2) is 36.6 Å². The predicted molar refractivity (Wildman–Crippen MR) is 115 cm³/mol. The molecule has 0 saturated carbocycles. The van der Waals surface area contributed by atoms with E-state index in [1.807, 2.05) is 58.9 Å². The Labute approximate surface area is 177 Å². The molecule has 2 aromatic rings. The Morgan fingerprint density at radius 3 is 2.53 bits per heavy atom. The molecule has 0 aliphatic rings. The molecule has 0 radical (unpaired) electrons. The maximum atomic E-state index is 12.4. The van der Waals surface area contributed by atoms with Crippen LogP contribution in [-0.2, 0) is 14.3 Å². The molecular formula is C24H28N2O4. The van der Waals surface area contributed by atoms with E-state index in [9.17, 15) is 14.9 Å². The first-order chi connectivity index (χ1) is 14.2. The minimum atomic E-state index is -0.814. The zero-order valence-corrected chi connectivity index (χ0v) is 18.4. The van der Waals surface area contributed by atoms with E-state index < -0.39 is 12.6 Å². The number of carbonyl (C=O) groups is 2. The van der Waals surface area contributed by atoms with Crippen molar-refractivity contribution in [3.63, 3.8) is 0 Å². The maximum absolute atomic E-state index is 12.4. The van der Waals surface area contributed by atoms with Gasteiger partial charge in [0.05, 0.1) is 12.6 Å². The van der Waals surface area contributed by atoms with Gasteiger partial charge >= 0.3 is 5.97 Å². The number of benzene rings is 1. The second-order valence-electron chi connectivity index (χ2n) is 7.49. The van der Waals surface area contributed by atoms with E-state index in [-0.39, 0.29) is 17.4 Å². The monoisotopic (exact) mass is 408 g/mol. The normalized spacial score (nSPS) is 12.4. The van der Waals surface area contributed by atoms with Crippen molar-refractivity contribution in [3.05, 3.63) is 63.5 Å². The molecule has 0 amide bonds. The average molecular weight is 408 g/mol. The highest BCUT2D eigenvalue weighted by molar-refractivity contribution is 6.02. The zero-order chi connectivity index (χ0) is 22.4. The smallest absolute Gasteiger partial charge is 0.349 e. The third-order valence-electron chi connectivity index (χ3n) is 5.04. The van der Waals surface area contributed by atoms with Crippen molar-refractivity contribution in [2.75, 3.05) is 20.3 Å². The number of Topliss-reactive ketones (excluding diaryl/α,β-unsaturated/α-hetero) is 1. The summed E-state index contributed by atoms with van der Waals surface area (Å²) in [5.41, 5.74) is 4.80. The molecule has 6 nitrogen and oxygen atoms in total. The summed E-state index contributed by atoms with van der Waals surface area (Å²) in [6.07, 6.45) is 1.50. The van der Waals surface area contributed by atoms with Crippen LogP contribution in [0.3, 0.4) is 0 Å². The van der Waals surface area contributed by atoms with Gasteiger partial charge in [-0.05, 0) is 64.0 Å². The fourth-order valence-corrected chi connectivity index (χ4v) is 3.56. The number of esters is 1. The average Bonchev–Trinajstić information content (AvgIpc) is 2.98. The molecule has 1 aromatic heterocycles. The number of ketones is 1. The molecule has 0 spiro atoms. The van der Waals surface area contributed by atoms with Crippen LogP contribution in [0.15, 0.2) is 29.8 Å². The van der Waals surface area contributed by atoms with E-state index in [1.54, 1.807) is 13.2 Å². The minimum Gasteiger partial charge on any atom is -0.453 e. The summed E-state index contributed by atoms with van der Waals surface area (Å²) in [4.78, 5) is 24.8. The topological polar surface area (TPSA) is 81.3 Å². The summed E-state index contributed by atoms with van der Waals surface area (Å²) in [6.45, 7) is 9.78. The van der Waals surface area contributed by atoms with Crippen molar-refractivity contribution in [3.8, 4) is 6.07 Å². The molecular weight excluding hydrogens is 380 g/mol. The highest BCUT2D eigenvalue weighted by Crippen LogP contribution is 2.23. The Balaban J connectivity index is 2.18. The van der Waals surface area contributed by atoms with Crippen LogP contribution in [0, 0.1) is 39.0 Å². The number of ether oxygens (including phenoxy) is 2. The maximum Gasteiger partial charge on any atom is 0.349 e. The van der Waals surface area contributed by atoms with E-state index in [0.717, 1.165) is 28.1 Å². The third kappa shape index (κ3) is 5.25. The molecule has 0 aliphatic heterocycles. The molecule has 0 fully saturated rings. The summed E-state index contributed by atoms with van der Waals surface area (Å²) in [6, 6.07) is 9.45. The molecule has 30 heavy (non-hydrogen) atoms. The zero-order valence-electron chi connectivity index (χ0n) is 18.4. The van der Waals surface area contributed by atoms with E-state index in [2.05, 4.69) is 4.57 Å². The Kier molecular flexibility index (Phi) is 7.73. The summed E-state index contributed by atoms with van der Waals surface area (Å²) in [7, 11) is 1.65. The molecule has 0 unspecified atom stereocenters. The van der Waals surface area contributed by atoms with Gasteiger partial charge in [-0.3, -0.25) is 4.79 Å². The molecule has 2 rings (SSSR count). The SMILES string of the molecule is COC[C@H](C)n1c(C)cc(/C=C(\C#N)C(=O)OCC(=O)c2cc(C)ccc2C)c1C. The number of methoxy groups -OCH3 is 1. The molecule has 0 bridgehead atoms. The standard InChI is InChI=1S/C24H28N2O4/c1-15-7-8-16(2)22(9-15)23(27)14-30-24(28)21(12-25)11-20-10-17(3)26(19(20)5)18(4)13-29-6/h7-11,18H,13-14H2,1-6H3/b21-11+/t18-/m0/s1. The minimum absolute atomic E-state index is 0.116. The third-order valence-corrected chi connectivity index (χ3v) is 5.04. The van der Waals surface area contributed by atoms with Crippen LogP contribution in [0.4, 0.5) is 0 Å². The number of nitriles is 1. The number of hydrogen-bond donors (Lipinski definition) is 0. The molecule has 158 valence electrons. The number of aromatic nitrogens is 1. The van der Waals surface area contributed by atoms with Gasteiger partial charge < -0.3 is 14.0 Å². The van der Waals surface area contributed by atoms with Crippen LogP contribution < -0.4 is 0 Å². The van der Waals surface area contributed by atoms with Crippen molar-refractivity contribution < 1.29 is 19.1 Å². The van der Waals surface area contributed by atoms with Crippen LogP contribution >= 0.6 is 0 Å². The van der Waals surface area contributed by atoms with Gasteiger partial charge in [-0.15, -0.1) is 0 Å². The highest BCUT2D eigenvalue weighted by Gasteiger charge is 2.18. The second-order valence-corrected chi connectivity index (χ2v) is 7.49. The Bertz CT molecular complexity index is 1020. The number of hydrogen-bond acceptors (Lipinski definition) is 5. The van der Waals surface area contributed by atoms with Gasteiger partial charge in [-0.2, -0.15) is 5.26 Å². The Hall–Kier alpha value is -3.17. The fraction of sp³-hybridized carbons (Fsp3) is 0.375. The molecule has 1 aromatic carbocycles. The van der Waals surface area contributed by atoms with Crippen molar-refractivity contribution in [1.82, 2.24) is 4.57 Å². The predicted octanol–water partition coefficient (Wildman–Crippen LogP) is 4.26. The van der Waals surface area contributed by atoms with Crippen molar-refractivity contribution in [2.45, 2.75) is 40.7 Å². The number of nitrogens with zero attached hydrogens (tertiary/aromatic N) is 2. The van der Waals surface area contributed by atoms with Crippen molar-refractivity contribution >= 4 is 17.8 Å². The first kappa shape index (κ1) is 23.1. The van der Waals surface area contributed by atoms with Gasteiger partial charge in [-0.1, -0.05) is 17.7 Å². The van der Waals surface area contributed by atoms with Crippen molar-refractivity contribution in [2.24, 2.45) is 0 Å². The van der Waals surface area contributed by atoms with Crippen molar-refractivity contribution in [1.29, 1.82) is 5.26 Å². The number of carbonyl (C=O) groups excluding carboxylic acids is 2. The molecule has 1 heterocycles. The lowest BCUT2D eigenvalue weighted by atomic mass is 10.0. The molecule has 0 saturated heterocycles. The first-order valence-electron chi connectivity index (χ1n) is 9.76. The largest absolute Gasteiger partial charge is 0.453 e. The van der Waals surface area contributed by atoms with Crippen LogP contribution in [0.25, 0.3) is 6.08 Å². The number of aryl methyl sites for hydroxylation is 3. The lowest BCUT2D eigenvalue weighted by Gasteiger charge is -2.17.